The molecule has 1 aromatic carbocycles. The van der Waals surface area contributed by atoms with Crippen LogP contribution in [-0.4, -0.2) is 16.8 Å². The summed E-state index contributed by atoms with van der Waals surface area (Å²) >= 11 is 0. The number of nitrogen functional groups attached to an aromatic ring is 1. The molecule has 0 amide bonds. The molecule has 0 aliphatic rings. The lowest BCUT2D eigenvalue weighted by Gasteiger charge is -2.11. The van der Waals surface area contributed by atoms with E-state index in [0.29, 0.717) is 0 Å². The number of halogens is 1. The number of nitrogens with two attached hydrogens (primary N) is 2. The van der Waals surface area contributed by atoms with Gasteiger partial charge in [-0.2, -0.15) is 0 Å². The molecule has 1 atom stereocenters. The Labute approximate surface area is 74.6 Å². The maximum absolute atomic E-state index is 12.7. The van der Waals surface area contributed by atoms with Crippen molar-refractivity contribution < 1.29 is 14.6 Å². The molecule has 13 heavy (non-hydrogen) atoms. The lowest BCUT2D eigenvalue weighted by molar-refractivity contribution is 0.265. The second-order valence-corrected chi connectivity index (χ2v) is 2.72. The summed E-state index contributed by atoms with van der Waals surface area (Å²) in [5, 5.41) is 17.9. The van der Waals surface area contributed by atoms with Crippen LogP contribution in [0.2, 0.25) is 0 Å². The molecule has 0 fully saturated rings. The van der Waals surface area contributed by atoms with Gasteiger partial charge in [0.15, 0.2) is 0 Å². The first kappa shape index (κ1) is 9.76. The number of aliphatic hydroxyl groups is 1. The second-order valence-electron chi connectivity index (χ2n) is 2.72. The van der Waals surface area contributed by atoms with Crippen molar-refractivity contribution in [1.29, 1.82) is 0 Å². The minimum atomic E-state index is -0.747. The lowest BCUT2D eigenvalue weighted by atomic mass is 10.1. The van der Waals surface area contributed by atoms with Crippen LogP contribution >= 0.6 is 0 Å². The fraction of sp³-hybridized carbons (Fsp3) is 0.250. The molecule has 0 saturated heterocycles. The molecule has 0 heterocycles. The van der Waals surface area contributed by atoms with Crippen LogP contribution in [0.15, 0.2) is 12.1 Å². The van der Waals surface area contributed by atoms with Crippen LogP contribution in [0, 0.1) is 5.82 Å². The van der Waals surface area contributed by atoms with Crippen molar-refractivity contribution in [2.24, 2.45) is 5.73 Å². The second kappa shape index (κ2) is 3.59. The van der Waals surface area contributed by atoms with E-state index in [-0.39, 0.29) is 23.6 Å². The van der Waals surface area contributed by atoms with E-state index in [0.717, 1.165) is 6.07 Å². The number of benzene rings is 1. The van der Waals surface area contributed by atoms with Gasteiger partial charge in [-0.25, -0.2) is 4.39 Å². The molecule has 72 valence electrons. The maximum atomic E-state index is 12.7. The molecule has 0 saturated carbocycles. The maximum Gasteiger partial charge on any atom is 0.149 e. The summed E-state index contributed by atoms with van der Waals surface area (Å²) in [5.41, 5.74) is 10.8. The van der Waals surface area contributed by atoms with E-state index in [4.69, 9.17) is 16.6 Å². The van der Waals surface area contributed by atoms with Gasteiger partial charge in [0, 0.05) is 11.6 Å². The molecule has 0 aliphatic heterocycles. The molecule has 0 bridgehead atoms. The summed E-state index contributed by atoms with van der Waals surface area (Å²) in [5.74, 6) is -1.00. The summed E-state index contributed by atoms with van der Waals surface area (Å²) in [6, 6.07) is 1.34. The standard InChI is InChI=1S/C8H11FN2O2/c9-5-2-8(13)4(1-6(5)10)7(11)3-12/h1-2,7,12-13H,3,10-11H2/t7-/m0/s1. The normalized spacial score (nSPS) is 12.8. The molecule has 6 N–H and O–H groups in total. The lowest BCUT2D eigenvalue weighted by Crippen LogP contribution is -2.15. The Morgan fingerprint density at radius 1 is 1.46 bits per heavy atom. The molecule has 4 nitrogen and oxygen atoms in total. The van der Waals surface area contributed by atoms with Crippen LogP contribution in [-0.2, 0) is 0 Å². The van der Waals surface area contributed by atoms with Gasteiger partial charge >= 0.3 is 0 Å². The minimum Gasteiger partial charge on any atom is -0.507 e. The monoisotopic (exact) mass is 186 g/mol. The molecule has 1 aromatic rings. The molecular weight excluding hydrogens is 175 g/mol. The Hall–Kier alpha value is -1.33. The van der Waals surface area contributed by atoms with E-state index in [1.807, 2.05) is 0 Å². The van der Waals surface area contributed by atoms with E-state index in [9.17, 15) is 9.50 Å². The van der Waals surface area contributed by atoms with Crippen molar-refractivity contribution in [3.8, 4) is 5.75 Å². The van der Waals surface area contributed by atoms with Gasteiger partial charge in [-0.3, -0.25) is 0 Å². The van der Waals surface area contributed by atoms with E-state index in [2.05, 4.69) is 0 Å². The van der Waals surface area contributed by atoms with Gasteiger partial charge in [-0.1, -0.05) is 0 Å². The first-order chi connectivity index (χ1) is 6.06. The predicted molar refractivity (Wildman–Crippen MR) is 46.5 cm³/mol. The quantitative estimate of drug-likeness (QED) is 0.389. The number of aliphatic hydroxyl groups excluding tert-OH is 1. The van der Waals surface area contributed by atoms with Crippen molar-refractivity contribution in [2.45, 2.75) is 6.04 Å². The number of rotatable bonds is 2. The Morgan fingerprint density at radius 3 is 2.62 bits per heavy atom. The van der Waals surface area contributed by atoms with Gasteiger partial charge in [0.2, 0.25) is 0 Å². The Morgan fingerprint density at radius 2 is 2.08 bits per heavy atom. The van der Waals surface area contributed by atoms with Gasteiger partial charge in [0.25, 0.3) is 0 Å². The first-order valence-corrected chi connectivity index (χ1v) is 3.70. The van der Waals surface area contributed by atoms with Crippen LogP contribution in [0.4, 0.5) is 10.1 Å². The summed E-state index contributed by atoms with van der Waals surface area (Å²) in [4.78, 5) is 0. The first-order valence-electron chi connectivity index (χ1n) is 3.70. The van der Waals surface area contributed by atoms with Gasteiger partial charge in [0.05, 0.1) is 18.3 Å². The molecule has 0 aliphatic carbocycles. The Bertz CT molecular complexity index is 317. The third kappa shape index (κ3) is 1.88. The van der Waals surface area contributed by atoms with E-state index in [1.54, 1.807) is 0 Å². The highest BCUT2D eigenvalue weighted by atomic mass is 19.1. The zero-order chi connectivity index (χ0) is 10.0. The highest BCUT2D eigenvalue weighted by Gasteiger charge is 2.12. The van der Waals surface area contributed by atoms with E-state index >= 15 is 0 Å². The Balaban J connectivity index is 3.15. The van der Waals surface area contributed by atoms with E-state index < -0.39 is 11.9 Å². The average molecular weight is 186 g/mol. The number of hydrogen-bond acceptors (Lipinski definition) is 4. The van der Waals surface area contributed by atoms with Crippen molar-refractivity contribution >= 4 is 5.69 Å². The fourth-order valence-corrected chi connectivity index (χ4v) is 0.992. The Kier molecular flexibility index (Phi) is 2.69. The zero-order valence-electron chi connectivity index (χ0n) is 6.87. The minimum absolute atomic E-state index is 0.100. The zero-order valence-corrected chi connectivity index (χ0v) is 6.87. The summed E-state index contributed by atoms with van der Waals surface area (Å²) in [6.45, 7) is -0.335. The average Bonchev–Trinajstić information content (AvgIpc) is 2.10. The van der Waals surface area contributed by atoms with Gasteiger partial charge in [-0.05, 0) is 6.07 Å². The van der Waals surface area contributed by atoms with Crippen molar-refractivity contribution in [3.05, 3.63) is 23.5 Å². The van der Waals surface area contributed by atoms with Crippen molar-refractivity contribution in [2.75, 3.05) is 12.3 Å². The molecule has 0 radical (unpaired) electrons. The fourth-order valence-electron chi connectivity index (χ4n) is 0.992. The smallest absolute Gasteiger partial charge is 0.149 e. The highest BCUT2D eigenvalue weighted by Crippen LogP contribution is 2.27. The van der Waals surface area contributed by atoms with Crippen LogP contribution in [0.3, 0.4) is 0 Å². The van der Waals surface area contributed by atoms with Crippen LogP contribution in [0.5, 0.6) is 5.75 Å². The topological polar surface area (TPSA) is 92.5 Å². The van der Waals surface area contributed by atoms with Gasteiger partial charge < -0.3 is 21.7 Å². The largest absolute Gasteiger partial charge is 0.507 e. The number of aromatic hydroxyl groups is 1. The third-order valence-corrected chi connectivity index (χ3v) is 1.74. The number of anilines is 1. The molecular formula is C8H11FN2O2. The summed E-state index contributed by atoms with van der Waals surface area (Å²) < 4.78 is 12.7. The molecule has 0 unspecified atom stereocenters. The number of phenolic OH excluding ortho intramolecular Hbond substituents is 1. The van der Waals surface area contributed by atoms with Crippen LogP contribution < -0.4 is 11.5 Å². The third-order valence-electron chi connectivity index (χ3n) is 1.74. The number of hydrogen-bond donors (Lipinski definition) is 4. The predicted octanol–water partition coefficient (Wildman–Crippen LogP) is 0.106. The molecule has 0 spiro atoms. The molecule has 1 rings (SSSR count). The van der Waals surface area contributed by atoms with Crippen molar-refractivity contribution in [1.82, 2.24) is 0 Å². The number of phenols is 1. The molecule has 0 aromatic heterocycles. The SMILES string of the molecule is Nc1cc([C@@H](N)CO)c(O)cc1F. The summed E-state index contributed by atoms with van der Waals surface area (Å²) in [7, 11) is 0. The van der Waals surface area contributed by atoms with Crippen LogP contribution in [0.1, 0.15) is 11.6 Å². The molecule has 5 heteroatoms. The highest BCUT2D eigenvalue weighted by molar-refractivity contribution is 5.49. The van der Waals surface area contributed by atoms with Gasteiger partial charge in [-0.15, -0.1) is 0 Å². The van der Waals surface area contributed by atoms with Gasteiger partial charge in [0.1, 0.15) is 11.6 Å². The van der Waals surface area contributed by atoms with Crippen molar-refractivity contribution in [3.63, 3.8) is 0 Å². The van der Waals surface area contributed by atoms with Crippen LogP contribution in [0.25, 0.3) is 0 Å². The summed E-state index contributed by atoms with van der Waals surface area (Å²) in [6.07, 6.45) is 0. The van der Waals surface area contributed by atoms with E-state index in [1.165, 1.54) is 6.07 Å².